The molecule has 0 aromatic heterocycles. The van der Waals surface area contributed by atoms with Gasteiger partial charge in [0, 0.05) is 24.0 Å². The van der Waals surface area contributed by atoms with Crippen LogP contribution in [0.5, 0.6) is 0 Å². The fourth-order valence-corrected chi connectivity index (χ4v) is 2.52. The van der Waals surface area contributed by atoms with Gasteiger partial charge in [0.05, 0.1) is 0 Å². The maximum absolute atomic E-state index is 12.4. The van der Waals surface area contributed by atoms with Crippen LogP contribution in [0.2, 0.25) is 0 Å². The summed E-state index contributed by atoms with van der Waals surface area (Å²) < 4.78 is 0. The highest BCUT2D eigenvalue weighted by Crippen LogP contribution is 2.20. The van der Waals surface area contributed by atoms with Crippen LogP contribution < -0.4 is 16.0 Å². The molecule has 0 spiro atoms. The van der Waals surface area contributed by atoms with Gasteiger partial charge in [0.25, 0.3) is 5.91 Å². The molecule has 0 aliphatic heterocycles. The number of anilines is 2. The van der Waals surface area contributed by atoms with Crippen molar-refractivity contribution in [1.82, 2.24) is 5.32 Å². The van der Waals surface area contributed by atoms with Gasteiger partial charge in [-0.25, -0.2) is 4.79 Å². The second-order valence-electron chi connectivity index (χ2n) is 5.68. The molecule has 0 aliphatic carbocycles. The summed E-state index contributed by atoms with van der Waals surface area (Å²) in [7, 11) is 1.54. The van der Waals surface area contributed by atoms with Gasteiger partial charge in [0.2, 0.25) is 0 Å². The number of urea groups is 1. The van der Waals surface area contributed by atoms with Gasteiger partial charge in [-0.1, -0.05) is 48.5 Å². The Hall–Kier alpha value is -3.60. The Morgan fingerprint density at radius 3 is 1.96 bits per heavy atom. The Morgan fingerprint density at radius 1 is 0.692 bits per heavy atom. The molecule has 5 heteroatoms. The molecule has 0 heterocycles. The molecule has 26 heavy (non-hydrogen) atoms. The minimum absolute atomic E-state index is 0.207. The van der Waals surface area contributed by atoms with Crippen molar-refractivity contribution >= 4 is 23.3 Å². The third-order valence-electron chi connectivity index (χ3n) is 3.86. The Morgan fingerprint density at radius 2 is 1.31 bits per heavy atom. The van der Waals surface area contributed by atoms with E-state index in [4.69, 9.17) is 0 Å². The number of hydrogen-bond acceptors (Lipinski definition) is 2. The van der Waals surface area contributed by atoms with Crippen molar-refractivity contribution in [1.29, 1.82) is 0 Å². The molecule has 0 unspecified atom stereocenters. The van der Waals surface area contributed by atoms with E-state index in [0.29, 0.717) is 16.9 Å². The van der Waals surface area contributed by atoms with Gasteiger partial charge >= 0.3 is 6.03 Å². The van der Waals surface area contributed by atoms with Crippen molar-refractivity contribution in [3.05, 3.63) is 84.4 Å². The summed E-state index contributed by atoms with van der Waals surface area (Å²) in [4.78, 5) is 23.8. The number of carbonyl (C=O) groups excluding carboxylic acids is 2. The van der Waals surface area contributed by atoms with E-state index in [1.54, 1.807) is 43.4 Å². The number of benzene rings is 3. The number of amides is 3. The van der Waals surface area contributed by atoms with E-state index in [0.717, 1.165) is 11.1 Å². The van der Waals surface area contributed by atoms with Crippen molar-refractivity contribution in [3.8, 4) is 11.1 Å². The summed E-state index contributed by atoms with van der Waals surface area (Å²) in [6.07, 6.45) is 0. The van der Waals surface area contributed by atoms with Crippen LogP contribution in [0.4, 0.5) is 16.2 Å². The molecule has 0 fully saturated rings. The van der Waals surface area contributed by atoms with Crippen molar-refractivity contribution in [2.75, 3.05) is 17.7 Å². The first-order valence-corrected chi connectivity index (χ1v) is 8.21. The van der Waals surface area contributed by atoms with Crippen molar-refractivity contribution in [2.45, 2.75) is 0 Å². The lowest BCUT2D eigenvalue weighted by molar-refractivity contribution is 0.102. The lowest BCUT2D eigenvalue weighted by Crippen LogP contribution is -2.24. The van der Waals surface area contributed by atoms with Gasteiger partial charge in [0.15, 0.2) is 0 Å². The molecule has 3 aromatic rings. The molecule has 0 radical (unpaired) electrons. The van der Waals surface area contributed by atoms with Gasteiger partial charge in [-0.2, -0.15) is 0 Å². The molecule has 130 valence electrons. The maximum Gasteiger partial charge on any atom is 0.318 e. The van der Waals surface area contributed by atoms with E-state index in [2.05, 4.69) is 16.0 Å². The summed E-state index contributed by atoms with van der Waals surface area (Å²) in [5.74, 6) is -0.207. The predicted octanol–water partition coefficient (Wildman–Crippen LogP) is 4.36. The van der Waals surface area contributed by atoms with Gasteiger partial charge in [-0.3, -0.25) is 4.79 Å². The van der Waals surface area contributed by atoms with Crippen molar-refractivity contribution < 1.29 is 9.59 Å². The zero-order valence-corrected chi connectivity index (χ0v) is 14.3. The van der Waals surface area contributed by atoms with Crippen molar-refractivity contribution in [2.24, 2.45) is 0 Å². The van der Waals surface area contributed by atoms with Crippen LogP contribution in [-0.2, 0) is 0 Å². The van der Waals surface area contributed by atoms with E-state index in [1.807, 2.05) is 42.5 Å². The van der Waals surface area contributed by atoms with E-state index >= 15 is 0 Å². The third-order valence-corrected chi connectivity index (χ3v) is 3.86. The number of hydrogen-bond donors (Lipinski definition) is 3. The summed E-state index contributed by atoms with van der Waals surface area (Å²) in [6.45, 7) is 0. The summed E-state index contributed by atoms with van der Waals surface area (Å²) in [6, 6.07) is 24.1. The van der Waals surface area contributed by atoms with Crippen LogP contribution in [0, 0.1) is 0 Å². The van der Waals surface area contributed by atoms with Gasteiger partial charge < -0.3 is 16.0 Å². The summed E-state index contributed by atoms with van der Waals surface area (Å²) in [5, 5.41) is 7.99. The average molecular weight is 345 g/mol. The third kappa shape index (κ3) is 4.27. The normalized spacial score (nSPS) is 10.0. The molecule has 3 aromatic carbocycles. The van der Waals surface area contributed by atoms with Crippen LogP contribution in [0.25, 0.3) is 11.1 Å². The molecule has 0 aliphatic rings. The first-order valence-electron chi connectivity index (χ1n) is 8.21. The minimum Gasteiger partial charge on any atom is -0.341 e. The monoisotopic (exact) mass is 345 g/mol. The topological polar surface area (TPSA) is 70.2 Å². The zero-order valence-electron chi connectivity index (χ0n) is 14.3. The summed E-state index contributed by atoms with van der Waals surface area (Å²) >= 11 is 0. The predicted molar refractivity (Wildman–Crippen MR) is 104 cm³/mol. The van der Waals surface area contributed by atoms with E-state index in [9.17, 15) is 9.59 Å². The quantitative estimate of drug-likeness (QED) is 0.657. The van der Waals surface area contributed by atoms with Crippen LogP contribution in [0.3, 0.4) is 0 Å². The minimum atomic E-state index is -0.315. The molecule has 3 amide bonds. The van der Waals surface area contributed by atoms with Crippen LogP contribution in [0.1, 0.15) is 10.4 Å². The highest BCUT2D eigenvalue weighted by molar-refractivity contribution is 6.05. The van der Waals surface area contributed by atoms with Crippen molar-refractivity contribution in [3.63, 3.8) is 0 Å². The second-order valence-corrected chi connectivity index (χ2v) is 5.68. The zero-order chi connectivity index (χ0) is 18.4. The van der Waals surface area contributed by atoms with Crippen LogP contribution in [0.15, 0.2) is 78.9 Å². The molecule has 0 bridgehead atoms. The Bertz CT molecular complexity index is 906. The fraction of sp³-hybridized carbons (Fsp3) is 0.0476. The number of carbonyl (C=O) groups is 2. The van der Waals surface area contributed by atoms with Crippen LogP contribution >= 0.6 is 0 Å². The second kappa shape index (κ2) is 7.98. The lowest BCUT2D eigenvalue weighted by Gasteiger charge is -2.09. The van der Waals surface area contributed by atoms with Crippen LogP contribution in [-0.4, -0.2) is 19.0 Å². The van der Waals surface area contributed by atoms with E-state index in [-0.39, 0.29) is 11.9 Å². The van der Waals surface area contributed by atoms with E-state index < -0.39 is 0 Å². The SMILES string of the molecule is CNC(=O)Nc1cccc(NC(=O)c2ccc(-c3ccccc3)cc2)c1. The Balaban J connectivity index is 1.70. The van der Waals surface area contributed by atoms with E-state index in [1.165, 1.54) is 0 Å². The largest absolute Gasteiger partial charge is 0.341 e. The Labute approximate surface area is 152 Å². The average Bonchev–Trinajstić information content (AvgIpc) is 2.69. The molecular formula is C21H19N3O2. The molecule has 3 rings (SSSR count). The Kier molecular flexibility index (Phi) is 5.29. The molecule has 0 saturated heterocycles. The first-order chi connectivity index (χ1) is 12.7. The van der Waals surface area contributed by atoms with Gasteiger partial charge in [0.1, 0.15) is 0 Å². The molecular weight excluding hydrogens is 326 g/mol. The smallest absolute Gasteiger partial charge is 0.318 e. The highest BCUT2D eigenvalue weighted by Gasteiger charge is 2.07. The van der Waals surface area contributed by atoms with Gasteiger partial charge in [-0.15, -0.1) is 0 Å². The first kappa shape index (κ1) is 17.2. The molecule has 3 N–H and O–H groups in total. The van der Waals surface area contributed by atoms with Gasteiger partial charge in [-0.05, 0) is 41.5 Å². The molecule has 0 atom stereocenters. The summed E-state index contributed by atoms with van der Waals surface area (Å²) in [5.41, 5.74) is 3.93. The highest BCUT2D eigenvalue weighted by atomic mass is 16.2. The maximum atomic E-state index is 12.4. The standard InChI is InChI=1S/C21H19N3O2/c1-22-21(26)24-19-9-5-8-18(14-19)23-20(25)17-12-10-16(11-13-17)15-6-3-2-4-7-15/h2-14H,1H3,(H,23,25)(H2,22,24,26). The number of nitrogens with one attached hydrogen (secondary N) is 3. The number of rotatable bonds is 4. The molecule has 5 nitrogen and oxygen atoms in total. The fourth-order valence-electron chi connectivity index (χ4n) is 2.52. The lowest BCUT2D eigenvalue weighted by atomic mass is 10.0. The molecule has 0 saturated carbocycles.